The molecule has 18 heavy (non-hydrogen) atoms. The van der Waals surface area contributed by atoms with Crippen molar-refractivity contribution in [3.05, 3.63) is 35.9 Å². The minimum atomic E-state index is -0.432. The van der Waals surface area contributed by atoms with Gasteiger partial charge in [0.05, 0.1) is 13.2 Å². The number of hydrogen-bond acceptors (Lipinski definition) is 4. The molecule has 0 aliphatic heterocycles. The lowest BCUT2D eigenvalue weighted by atomic mass is 10.1. The Morgan fingerprint density at radius 1 is 1.39 bits per heavy atom. The minimum Gasteiger partial charge on any atom is -0.468 e. The fourth-order valence-electron chi connectivity index (χ4n) is 1.68. The van der Waals surface area contributed by atoms with Gasteiger partial charge in [0.1, 0.15) is 6.04 Å². The summed E-state index contributed by atoms with van der Waals surface area (Å²) >= 11 is 0. The Labute approximate surface area is 108 Å². The molecular formula is C14H18N2O2. The van der Waals surface area contributed by atoms with Crippen molar-refractivity contribution in [3.8, 4) is 6.07 Å². The second-order valence-corrected chi connectivity index (χ2v) is 3.94. The lowest BCUT2D eigenvalue weighted by Crippen LogP contribution is -2.30. The molecule has 0 fully saturated rings. The van der Waals surface area contributed by atoms with E-state index >= 15 is 0 Å². The third-order valence-corrected chi connectivity index (χ3v) is 2.63. The van der Waals surface area contributed by atoms with Gasteiger partial charge in [0.15, 0.2) is 0 Å². The van der Waals surface area contributed by atoms with Crippen molar-refractivity contribution < 1.29 is 9.53 Å². The Balaban J connectivity index is 2.53. The lowest BCUT2D eigenvalue weighted by molar-refractivity contribution is -0.143. The highest BCUT2D eigenvalue weighted by atomic mass is 16.5. The zero-order valence-corrected chi connectivity index (χ0v) is 10.6. The normalized spacial score (nSPS) is 11.6. The quantitative estimate of drug-likeness (QED) is 0.591. The van der Waals surface area contributed by atoms with Crippen molar-refractivity contribution in [2.45, 2.75) is 25.3 Å². The molecule has 0 aliphatic rings. The van der Waals surface area contributed by atoms with Gasteiger partial charge < -0.3 is 10.1 Å². The first-order valence-corrected chi connectivity index (χ1v) is 6.02. The highest BCUT2D eigenvalue weighted by molar-refractivity contribution is 5.77. The molecule has 0 bridgehead atoms. The smallest absolute Gasteiger partial charge is 0.327 e. The molecule has 1 atom stereocenters. The van der Waals surface area contributed by atoms with Crippen LogP contribution in [0.4, 0.5) is 0 Å². The topological polar surface area (TPSA) is 62.1 Å². The number of unbranched alkanes of at least 4 members (excludes halogenated alkanes) is 2. The van der Waals surface area contributed by atoms with Crippen molar-refractivity contribution in [3.63, 3.8) is 0 Å². The average Bonchev–Trinajstić information content (AvgIpc) is 2.43. The van der Waals surface area contributed by atoms with Crippen molar-refractivity contribution in [2.24, 2.45) is 0 Å². The molecule has 0 aromatic heterocycles. The van der Waals surface area contributed by atoms with Crippen LogP contribution in [-0.4, -0.2) is 19.6 Å². The van der Waals surface area contributed by atoms with E-state index in [0.29, 0.717) is 13.0 Å². The van der Waals surface area contributed by atoms with Crippen LogP contribution in [0.3, 0.4) is 0 Å². The van der Waals surface area contributed by atoms with E-state index in [4.69, 9.17) is 10.00 Å². The van der Waals surface area contributed by atoms with E-state index in [2.05, 4.69) is 11.4 Å². The molecule has 0 radical (unpaired) electrons. The minimum absolute atomic E-state index is 0.290. The fourth-order valence-corrected chi connectivity index (χ4v) is 1.68. The van der Waals surface area contributed by atoms with Gasteiger partial charge in [-0.1, -0.05) is 30.3 Å². The fraction of sp³-hybridized carbons (Fsp3) is 0.429. The molecule has 0 heterocycles. The summed E-state index contributed by atoms with van der Waals surface area (Å²) in [5.74, 6) is -0.290. The Hall–Kier alpha value is -1.86. The number of nitrogens with one attached hydrogen (secondary N) is 1. The highest BCUT2D eigenvalue weighted by Crippen LogP contribution is 2.14. The molecule has 4 heteroatoms. The van der Waals surface area contributed by atoms with Gasteiger partial charge in [0.2, 0.25) is 0 Å². The summed E-state index contributed by atoms with van der Waals surface area (Å²) in [6.45, 7) is 0.691. The maximum absolute atomic E-state index is 11.7. The van der Waals surface area contributed by atoms with E-state index in [1.54, 1.807) is 0 Å². The van der Waals surface area contributed by atoms with Gasteiger partial charge >= 0.3 is 5.97 Å². The van der Waals surface area contributed by atoms with E-state index in [-0.39, 0.29) is 5.97 Å². The third kappa shape index (κ3) is 4.56. The molecule has 0 amide bonds. The molecule has 1 rings (SSSR count). The molecule has 1 N–H and O–H groups in total. The second-order valence-electron chi connectivity index (χ2n) is 3.94. The number of benzene rings is 1. The van der Waals surface area contributed by atoms with Gasteiger partial charge in [0.25, 0.3) is 0 Å². The second kappa shape index (κ2) is 8.26. The molecular weight excluding hydrogens is 228 g/mol. The number of ether oxygens (including phenoxy) is 1. The van der Waals surface area contributed by atoms with Crippen molar-refractivity contribution >= 4 is 5.97 Å². The predicted molar refractivity (Wildman–Crippen MR) is 68.7 cm³/mol. The van der Waals surface area contributed by atoms with E-state index in [1.807, 2.05) is 30.3 Å². The maximum atomic E-state index is 11.7. The SMILES string of the molecule is COC(=O)C(NCCCCC#N)c1ccccc1. The number of esters is 1. The van der Waals surface area contributed by atoms with Gasteiger partial charge in [-0.15, -0.1) is 0 Å². The summed E-state index contributed by atoms with van der Waals surface area (Å²) in [7, 11) is 1.38. The Morgan fingerprint density at radius 3 is 2.72 bits per heavy atom. The number of carbonyl (C=O) groups excluding carboxylic acids is 1. The van der Waals surface area contributed by atoms with Gasteiger partial charge in [-0.3, -0.25) is 0 Å². The van der Waals surface area contributed by atoms with Crippen LogP contribution in [0.5, 0.6) is 0 Å². The average molecular weight is 246 g/mol. The molecule has 1 unspecified atom stereocenters. The first-order valence-electron chi connectivity index (χ1n) is 6.02. The molecule has 4 nitrogen and oxygen atoms in total. The van der Waals surface area contributed by atoms with Crippen LogP contribution >= 0.6 is 0 Å². The summed E-state index contributed by atoms with van der Waals surface area (Å²) in [4.78, 5) is 11.7. The van der Waals surface area contributed by atoms with E-state index in [1.165, 1.54) is 7.11 Å². The van der Waals surface area contributed by atoms with Gasteiger partial charge in [-0.05, 0) is 24.9 Å². The van der Waals surface area contributed by atoms with Crippen LogP contribution in [0.15, 0.2) is 30.3 Å². The third-order valence-electron chi connectivity index (χ3n) is 2.63. The molecule has 0 saturated heterocycles. The monoisotopic (exact) mass is 246 g/mol. The van der Waals surface area contributed by atoms with Crippen molar-refractivity contribution in [2.75, 3.05) is 13.7 Å². The van der Waals surface area contributed by atoms with Crippen LogP contribution < -0.4 is 5.32 Å². The molecule has 0 saturated carbocycles. The highest BCUT2D eigenvalue weighted by Gasteiger charge is 2.19. The number of methoxy groups -OCH3 is 1. The van der Waals surface area contributed by atoms with Gasteiger partial charge in [0, 0.05) is 6.42 Å². The molecule has 0 spiro atoms. The number of nitriles is 1. The van der Waals surface area contributed by atoms with Crippen molar-refractivity contribution in [1.82, 2.24) is 5.32 Å². The standard InChI is InChI=1S/C14H18N2O2/c1-18-14(17)13(12-8-4-2-5-9-12)16-11-7-3-6-10-15/h2,4-5,8-9,13,16H,3,6-7,11H2,1H3. The summed E-state index contributed by atoms with van der Waals surface area (Å²) in [6.07, 6.45) is 2.26. The Bertz CT molecular complexity index is 398. The number of nitrogens with zero attached hydrogens (tertiary/aromatic N) is 1. The lowest BCUT2D eigenvalue weighted by Gasteiger charge is -2.16. The zero-order valence-electron chi connectivity index (χ0n) is 10.6. The maximum Gasteiger partial charge on any atom is 0.327 e. The summed E-state index contributed by atoms with van der Waals surface area (Å²) in [5.41, 5.74) is 0.893. The summed E-state index contributed by atoms with van der Waals surface area (Å²) in [5, 5.41) is 11.6. The first-order chi connectivity index (χ1) is 8.79. The van der Waals surface area contributed by atoms with E-state index < -0.39 is 6.04 Å². The summed E-state index contributed by atoms with van der Waals surface area (Å²) in [6, 6.07) is 11.1. The number of carbonyl (C=O) groups is 1. The van der Waals surface area contributed by atoms with E-state index in [0.717, 1.165) is 18.4 Å². The Morgan fingerprint density at radius 2 is 2.11 bits per heavy atom. The van der Waals surface area contributed by atoms with E-state index in [9.17, 15) is 4.79 Å². The van der Waals surface area contributed by atoms with Crippen LogP contribution in [0.25, 0.3) is 0 Å². The molecule has 1 aromatic carbocycles. The molecule has 96 valence electrons. The predicted octanol–water partition coefficient (Wildman–Crippen LogP) is 2.18. The van der Waals surface area contributed by atoms with Crippen molar-refractivity contribution in [1.29, 1.82) is 5.26 Å². The zero-order chi connectivity index (χ0) is 13.2. The largest absolute Gasteiger partial charge is 0.468 e. The van der Waals surface area contributed by atoms with Crippen LogP contribution in [0.2, 0.25) is 0 Å². The van der Waals surface area contributed by atoms with Gasteiger partial charge in [-0.2, -0.15) is 5.26 Å². The molecule has 0 aliphatic carbocycles. The van der Waals surface area contributed by atoms with Gasteiger partial charge in [-0.25, -0.2) is 4.79 Å². The molecule has 1 aromatic rings. The summed E-state index contributed by atoms with van der Waals surface area (Å²) < 4.78 is 4.79. The van der Waals surface area contributed by atoms with Crippen LogP contribution in [-0.2, 0) is 9.53 Å². The number of rotatable bonds is 7. The van der Waals surface area contributed by atoms with Crippen LogP contribution in [0, 0.1) is 11.3 Å². The number of hydrogen-bond donors (Lipinski definition) is 1. The van der Waals surface area contributed by atoms with Crippen LogP contribution in [0.1, 0.15) is 30.9 Å². The first kappa shape index (κ1) is 14.2. The Kier molecular flexibility index (Phi) is 6.52.